The first-order chi connectivity index (χ1) is 15.9. The molecular formula is C26H32N4O3. The molecule has 0 bridgehead atoms. The highest BCUT2D eigenvalue weighted by molar-refractivity contribution is 5.99. The number of nitrogens with zero attached hydrogens (tertiary/aromatic N) is 2. The number of aryl methyl sites for hydroxylation is 1. The van der Waals surface area contributed by atoms with E-state index < -0.39 is 6.17 Å². The van der Waals surface area contributed by atoms with Crippen molar-refractivity contribution in [2.24, 2.45) is 5.73 Å². The standard InChI is InChI=1S/C26H32N4O3/c1-18-6-5-9-20(16-18)26(33)30-15-14-29(23(31)17-19-7-3-2-4-8-19)25(30)24(32)28-22-12-10-21(27)11-13-22/h2-9,16,21-22,25H,10-15,17,27H2,1H3,(H,28,32). The minimum Gasteiger partial charge on any atom is -0.350 e. The Labute approximate surface area is 194 Å². The number of carbonyl (C=O) groups excluding carboxylic acids is 3. The van der Waals surface area contributed by atoms with Crippen molar-refractivity contribution in [2.75, 3.05) is 13.1 Å². The van der Waals surface area contributed by atoms with Gasteiger partial charge in [-0.2, -0.15) is 0 Å². The first-order valence-electron chi connectivity index (χ1n) is 11.7. The lowest BCUT2D eigenvalue weighted by atomic mass is 9.92. The van der Waals surface area contributed by atoms with Crippen LogP contribution in [0.1, 0.15) is 47.2 Å². The Morgan fingerprint density at radius 2 is 1.64 bits per heavy atom. The smallest absolute Gasteiger partial charge is 0.264 e. The first kappa shape index (κ1) is 23.0. The zero-order chi connectivity index (χ0) is 23.4. The fourth-order valence-corrected chi connectivity index (χ4v) is 4.74. The minimum absolute atomic E-state index is 0.0138. The van der Waals surface area contributed by atoms with Crippen molar-refractivity contribution in [3.63, 3.8) is 0 Å². The highest BCUT2D eigenvalue weighted by Gasteiger charge is 2.43. The molecule has 2 aromatic carbocycles. The molecule has 3 amide bonds. The van der Waals surface area contributed by atoms with Gasteiger partial charge in [-0.15, -0.1) is 0 Å². The highest BCUT2D eigenvalue weighted by Crippen LogP contribution is 2.22. The van der Waals surface area contributed by atoms with E-state index >= 15 is 0 Å². The van der Waals surface area contributed by atoms with Crippen LogP contribution in [0, 0.1) is 6.92 Å². The molecule has 4 rings (SSSR count). The number of benzene rings is 2. The maximum absolute atomic E-state index is 13.4. The van der Waals surface area contributed by atoms with Gasteiger partial charge in [-0.3, -0.25) is 14.4 Å². The van der Waals surface area contributed by atoms with Gasteiger partial charge in [-0.25, -0.2) is 0 Å². The summed E-state index contributed by atoms with van der Waals surface area (Å²) >= 11 is 0. The van der Waals surface area contributed by atoms with Crippen molar-refractivity contribution in [1.82, 2.24) is 15.1 Å². The Kier molecular flexibility index (Phi) is 7.08. The third-order valence-electron chi connectivity index (χ3n) is 6.57. The fraction of sp³-hybridized carbons (Fsp3) is 0.423. The second-order valence-electron chi connectivity index (χ2n) is 9.11. The van der Waals surface area contributed by atoms with Gasteiger partial charge < -0.3 is 20.9 Å². The molecule has 1 unspecified atom stereocenters. The molecule has 0 spiro atoms. The Balaban J connectivity index is 1.55. The number of carbonyl (C=O) groups is 3. The lowest BCUT2D eigenvalue weighted by molar-refractivity contribution is -0.141. The van der Waals surface area contributed by atoms with Gasteiger partial charge in [-0.1, -0.05) is 48.0 Å². The van der Waals surface area contributed by atoms with E-state index in [4.69, 9.17) is 5.73 Å². The molecule has 3 N–H and O–H groups in total. The van der Waals surface area contributed by atoms with Gasteiger partial charge in [0, 0.05) is 30.7 Å². The topological polar surface area (TPSA) is 95.7 Å². The molecule has 2 aliphatic rings. The average Bonchev–Trinajstić information content (AvgIpc) is 3.26. The third kappa shape index (κ3) is 5.42. The van der Waals surface area contributed by atoms with Gasteiger partial charge in [0.15, 0.2) is 6.17 Å². The SMILES string of the molecule is Cc1cccc(C(=O)N2CCN(C(=O)Cc3ccccc3)C2C(=O)NC2CCC(N)CC2)c1. The number of nitrogens with two attached hydrogens (primary N) is 1. The molecule has 7 nitrogen and oxygen atoms in total. The fourth-order valence-electron chi connectivity index (χ4n) is 4.74. The van der Waals surface area contributed by atoms with Crippen LogP contribution >= 0.6 is 0 Å². The molecule has 1 atom stereocenters. The van der Waals surface area contributed by atoms with Crippen molar-refractivity contribution < 1.29 is 14.4 Å². The van der Waals surface area contributed by atoms with Crippen LogP contribution in [0.3, 0.4) is 0 Å². The van der Waals surface area contributed by atoms with Crippen LogP contribution in [-0.2, 0) is 16.0 Å². The van der Waals surface area contributed by atoms with Gasteiger partial charge >= 0.3 is 0 Å². The lowest BCUT2D eigenvalue weighted by Crippen LogP contribution is -2.56. The van der Waals surface area contributed by atoms with E-state index in [1.165, 1.54) is 4.90 Å². The Bertz CT molecular complexity index is 1000. The van der Waals surface area contributed by atoms with Crippen molar-refractivity contribution in [3.05, 3.63) is 71.3 Å². The van der Waals surface area contributed by atoms with Crippen LogP contribution in [0.4, 0.5) is 0 Å². The monoisotopic (exact) mass is 448 g/mol. The second kappa shape index (κ2) is 10.2. The summed E-state index contributed by atoms with van der Waals surface area (Å²) in [6.07, 6.45) is 2.57. The van der Waals surface area contributed by atoms with E-state index in [0.29, 0.717) is 18.7 Å². The van der Waals surface area contributed by atoms with E-state index in [0.717, 1.165) is 36.8 Å². The summed E-state index contributed by atoms with van der Waals surface area (Å²) in [5, 5.41) is 3.10. The largest absolute Gasteiger partial charge is 0.350 e. The van der Waals surface area contributed by atoms with E-state index in [-0.39, 0.29) is 36.2 Å². The van der Waals surface area contributed by atoms with Gasteiger partial charge in [0.25, 0.3) is 11.8 Å². The van der Waals surface area contributed by atoms with Crippen LogP contribution < -0.4 is 11.1 Å². The van der Waals surface area contributed by atoms with E-state index in [9.17, 15) is 14.4 Å². The number of amides is 3. The van der Waals surface area contributed by atoms with Crippen LogP contribution in [0.15, 0.2) is 54.6 Å². The molecule has 0 radical (unpaired) electrons. The van der Waals surface area contributed by atoms with Gasteiger partial charge in [0.1, 0.15) is 0 Å². The minimum atomic E-state index is -0.954. The van der Waals surface area contributed by atoms with E-state index in [1.807, 2.05) is 55.5 Å². The summed E-state index contributed by atoms with van der Waals surface area (Å²) in [5.41, 5.74) is 8.38. The summed E-state index contributed by atoms with van der Waals surface area (Å²) in [7, 11) is 0. The number of nitrogens with one attached hydrogen (secondary N) is 1. The molecule has 174 valence electrons. The Morgan fingerprint density at radius 3 is 2.33 bits per heavy atom. The summed E-state index contributed by atoms with van der Waals surface area (Å²) < 4.78 is 0. The van der Waals surface area contributed by atoms with Crippen molar-refractivity contribution in [1.29, 1.82) is 0 Å². The Morgan fingerprint density at radius 1 is 0.939 bits per heavy atom. The van der Waals surface area contributed by atoms with E-state index in [2.05, 4.69) is 5.32 Å². The summed E-state index contributed by atoms with van der Waals surface area (Å²) in [5.74, 6) is -0.693. The molecule has 0 aromatic heterocycles. The molecule has 2 fully saturated rings. The number of hydrogen-bond acceptors (Lipinski definition) is 4. The molecule has 7 heteroatoms. The Hall–Kier alpha value is -3.19. The maximum atomic E-state index is 13.4. The maximum Gasteiger partial charge on any atom is 0.264 e. The number of hydrogen-bond donors (Lipinski definition) is 2. The van der Waals surface area contributed by atoms with Crippen molar-refractivity contribution in [2.45, 2.75) is 57.3 Å². The predicted octanol–water partition coefficient (Wildman–Crippen LogP) is 2.23. The molecule has 33 heavy (non-hydrogen) atoms. The molecule has 2 aromatic rings. The first-order valence-corrected chi connectivity index (χ1v) is 11.7. The molecule has 1 aliphatic carbocycles. The summed E-state index contributed by atoms with van der Waals surface area (Å²) in [4.78, 5) is 43.1. The second-order valence-corrected chi connectivity index (χ2v) is 9.11. The molecule has 1 aliphatic heterocycles. The van der Waals surface area contributed by atoms with Gasteiger partial charge in [0.05, 0.1) is 6.42 Å². The third-order valence-corrected chi connectivity index (χ3v) is 6.57. The van der Waals surface area contributed by atoms with Gasteiger partial charge in [-0.05, 0) is 50.3 Å². The normalized spacial score (nSPS) is 22.8. The zero-order valence-electron chi connectivity index (χ0n) is 19.1. The molecule has 1 saturated carbocycles. The predicted molar refractivity (Wildman–Crippen MR) is 126 cm³/mol. The molecular weight excluding hydrogens is 416 g/mol. The van der Waals surface area contributed by atoms with Crippen LogP contribution in [0.2, 0.25) is 0 Å². The highest BCUT2D eigenvalue weighted by atomic mass is 16.2. The lowest BCUT2D eigenvalue weighted by Gasteiger charge is -2.33. The molecule has 1 heterocycles. The summed E-state index contributed by atoms with van der Waals surface area (Å²) in [6, 6.07) is 17.0. The van der Waals surface area contributed by atoms with E-state index in [1.54, 1.807) is 11.0 Å². The van der Waals surface area contributed by atoms with Gasteiger partial charge in [0.2, 0.25) is 5.91 Å². The van der Waals surface area contributed by atoms with Crippen LogP contribution in [0.25, 0.3) is 0 Å². The zero-order valence-corrected chi connectivity index (χ0v) is 19.1. The van der Waals surface area contributed by atoms with Crippen molar-refractivity contribution >= 4 is 17.7 Å². The number of rotatable bonds is 5. The van der Waals surface area contributed by atoms with Crippen molar-refractivity contribution in [3.8, 4) is 0 Å². The quantitative estimate of drug-likeness (QED) is 0.733. The van der Waals surface area contributed by atoms with Crippen LogP contribution in [-0.4, -0.2) is 58.9 Å². The van der Waals surface area contributed by atoms with Crippen LogP contribution in [0.5, 0.6) is 0 Å². The molecule has 1 saturated heterocycles. The summed E-state index contributed by atoms with van der Waals surface area (Å²) in [6.45, 7) is 2.58. The average molecular weight is 449 g/mol.